The first-order valence-corrected chi connectivity index (χ1v) is 29.8. The van der Waals surface area contributed by atoms with E-state index in [9.17, 15) is 101 Å². The molecule has 5 fully saturated rings. The van der Waals surface area contributed by atoms with Crippen LogP contribution in [-0.4, -0.2) is 341 Å². The average molecular weight is 1360 g/mol. The third-order valence-electron chi connectivity index (χ3n) is 16.2. The van der Waals surface area contributed by atoms with Gasteiger partial charge in [-0.2, -0.15) is 0 Å². The lowest BCUT2D eigenvalue weighted by molar-refractivity contribution is -0.303. The van der Waals surface area contributed by atoms with Crippen molar-refractivity contribution in [3.05, 3.63) is 47.6 Å². The number of nitrogens with zero attached hydrogens (tertiary/aromatic N) is 16. The first kappa shape index (κ1) is 72.0. The van der Waals surface area contributed by atoms with Crippen LogP contribution in [0.2, 0.25) is 0 Å². The van der Waals surface area contributed by atoms with Crippen LogP contribution in [0.15, 0.2) is 24.8 Å². The Labute approximate surface area is 534 Å². The van der Waals surface area contributed by atoms with Gasteiger partial charge in [-0.05, 0) is 12.8 Å². The molecule has 0 saturated carbocycles. The van der Waals surface area contributed by atoms with Crippen molar-refractivity contribution in [2.24, 2.45) is 0 Å². The topological polar surface area (TPSA) is 620 Å². The molecule has 0 aliphatic carbocycles. The molecule has 4 aromatic heterocycles. The minimum Gasteiger partial charge on any atom is -0.394 e. The van der Waals surface area contributed by atoms with Crippen LogP contribution in [0.4, 0.5) is 0 Å². The SMILES string of the molecule is O=C(CN(CC(=O)N(Cc1cn([C@H]2O[C@H](O)[C@@H](O)[C@H](O)[C@@H]2O)nn1)Cc1cn([C@H]2O[C@H](CO)[C@@H](O)[C@H](O)[C@@H]2O)nn1)CC(=O)N(Cc1cn([C@H]2O[C@H](CO)[C@@H](O)[C@H](O)[C@@H]2O)nn1)Cc1cn([C@H]2O[C@H](CO)[C@@H](O)[C@H](O)[C@@H]2O)nn1)NCCCCCC(=O)ON1C(=O)CCC1=O. The molecule has 44 nitrogen and oxygen atoms in total. The Morgan fingerprint density at radius 2 is 0.811 bits per heavy atom. The first-order valence-electron chi connectivity index (χ1n) is 29.8. The van der Waals surface area contributed by atoms with E-state index in [1.807, 2.05) is 0 Å². The van der Waals surface area contributed by atoms with Gasteiger partial charge in [0.05, 0.1) is 90.4 Å². The standard InChI is InChI=1S/C51H75N17O27/c69-19-26-35(78)38(81)42(85)47(91-26)64-12-22(53-57-64)8-62(9-23-13-65(58-54-23)48-43(86)39(82)36(79)27(20-70)92-48)32(75)17-61(16-29(72)52-7-3-1-2-4-34(77)95-68-30(73)5-6-31(68)74)18-33(76)63(11-25-15-67(60-56-25)50-45(88)41(84)46(89)51(90)94-50)10-24-14-66(59-55-24)49-44(87)40(83)37(80)28(21-71)93-49/h12-15,26-28,35-51,69-71,78-90H,1-11,16-21H2,(H,52,72)/t26-,27-,28-,35-,36-,37-,38+,39+,40+,41-,42+,43+,44+,45+,46+,47+,48+,49+,50+,51+/m1/s1. The molecule has 44 heteroatoms. The minimum absolute atomic E-state index is 0.0364. The summed E-state index contributed by atoms with van der Waals surface area (Å²) >= 11 is 0. The number of aliphatic hydroxyl groups is 16. The second-order valence-corrected chi connectivity index (χ2v) is 23.2. The van der Waals surface area contributed by atoms with Gasteiger partial charge in [0.1, 0.15) is 114 Å². The Kier molecular flexibility index (Phi) is 24.1. The number of unbranched alkanes of at least 4 members (excludes halogenated alkanes) is 2. The van der Waals surface area contributed by atoms with Crippen LogP contribution >= 0.6 is 0 Å². The Bertz CT molecular complexity index is 3150. The van der Waals surface area contributed by atoms with Crippen LogP contribution in [0.5, 0.6) is 0 Å². The van der Waals surface area contributed by atoms with Crippen LogP contribution < -0.4 is 5.32 Å². The lowest BCUT2D eigenvalue weighted by Crippen LogP contribution is -2.56. The largest absolute Gasteiger partial charge is 0.394 e. The van der Waals surface area contributed by atoms with Gasteiger partial charge in [-0.1, -0.05) is 27.3 Å². The smallest absolute Gasteiger partial charge is 0.333 e. The van der Waals surface area contributed by atoms with Crippen molar-refractivity contribution in [1.82, 2.24) is 85.1 Å². The van der Waals surface area contributed by atoms with Gasteiger partial charge in [-0.15, -0.1) is 25.5 Å². The van der Waals surface area contributed by atoms with Crippen molar-refractivity contribution in [2.45, 2.75) is 187 Å². The highest BCUT2D eigenvalue weighted by atomic mass is 16.7. The van der Waals surface area contributed by atoms with E-state index in [0.29, 0.717) is 11.5 Å². The second-order valence-electron chi connectivity index (χ2n) is 23.2. The van der Waals surface area contributed by atoms with E-state index in [1.165, 1.54) is 18.6 Å². The van der Waals surface area contributed by atoms with E-state index >= 15 is 9.59 Å². The maximum Gasteiger partial charge on any atom is 0.333 e. The molecule has 5 saturated heterocycles. The van der Waals surface area contributed by atoms with Crippen molar-refractivity contribution in [2.75, 3.05) is 46.0 Å². The van der Waals surface area contributed by atoms with Crippen LogP contribution in [0.25, 0.3) is 0 Å². The summed E-state index contributed by atoms with van der Waals surface area (Å²) in [7, 11) is 0. The summed E-state index contributed by atoms with van der Waals surface area (Å²) < 4.78 is 25.8. The zero-order valence-corrected chi connectivity index (χ0v) is 50.2. The number of aromatic nitrogens is 12. The number of amides is 5. The highest BCUT2D eigenvalue weighted by Crippen LogP contribution is 2.32. The van der Waals surface area contributed by atoms with Gasteiger partial charge in [0.15, 0.2) is 31.2 Å². The molecule has 0 unspecified atom stereocenters. The quantitative estimate of drug-likeness (QED) is 0.0185. The van der Waals surface area contributed by atoms with E-state index in [-0.39, 0.29) is 61.4 Å². The fourth-order valence-corrected chi connectivity index (χ4v) is 10.9. The summed E-state index contributed by atoms with van der Waals surface area (Å²) in [6.07, 6.45) is -29.4. The summed E-state index contributed by atoms with van der Waals surface area (Å²) in [6.45, 7) is -6.99. The lowest BCUT2D eigenvalue weighted by Gasteiger charge is -2.39. The summed E-state index contributed by atoms with van der Waals surface area (Å²) in [6, 6.07) is 0. The molecular weight excluding hydrogens is 1280 g/mol. The van der Waals surface area contributed by atoms with Crippen LogP contribution in [0.3, 0.4) is 0 Å². The number of carbonyl (C=O) groups is 6. The Morgan fingerprint density at radius 3 is 1.17 bits per heavy atom. The number of rotatable bonds is 28. The molecule has 5 aliphatic heterocycles. The number of carbonyl (C=O) groups excluding carboxylic acids is 6. The second kappa shape index (κ2) is 31.7. The molecule has 5 amide bonds. The third kappa shape index (κ3) is 16.8. The number of hydrogen-bond acceptors (Lipinski definition) is 36. The molecule has 0 aromatic carbocycles. The van der Waals surface area contributed by atoms with Gasteiger partial charge >= 0.3 is 5.97 Å². The summed E-state index contributed by atoms with van der Waals surface area (Å²) in [5.74, 6) is -4.76. The normalized spacial score (nSPS) is 32.0. The molecule has 0 bridgehead atoms. The molecule has 5 aliphatic rings. The number of hydroxylamine groups is 2. The lowest BCUT2D eigenvalue weighted by atomic mass is 9.98. The Hall–Kier alpha value is -7.26. The maximum atomic E-state index is 15.1. The number of ether oxygens (including phenoxy) is 4. The molecule has 20 atom stereocenters. The van der Waals surface area contributed by atoms with Gasteiger partial charge in [-0.3, -0.25) is 28.9 Å². The monoisotopic (exact) mass is 1360 g/mol. The minimum atomic E-state index is -2.01. The third-order valence-corrected chi connectivity index (χ3v) is 16.2. The van der Waals surface area contributed by atoms with Crippen LogP contribution in [0.1, 0.15) is 86.2 Å². The van der Waals surface area contributed by atoms with Gasteiger partial charge in [-0.25, -0.2) is 23.5 Å². The number of nitrogens with one attached hydrogen (secondary N) is 1. The highest BCUT2D eigenvalue weighted by molar-refractivity contribution is 6.01. The van der Waals surface area contributed by atoms with Gasteiger partial charge in [0.2, 0.25) is 17.7 Å². The molecule has 17 N–H and O–H groups in total. The predicted molar refractivity (Wildman–Crippen MR) is 295 cm³/mol. The van der Waals surface area contributed by atoms with Crippen molar-refractivity contribution in [3.63, 3.8) is 0 Å². The van der Waals surface area contributed by atoms with E-state index in [4.69, 9.17) is 23.8 Å². The number of aliphatic hydroxyl groups excluding tert-OH is 16. The first-order chi connectivity index (χ1) is 45.3. The van der Waals surface area contributed by atoms with Crippen molar-refractivity contribution in [3.8, 4) is 0 Å². The average Bonchev–Trinajstić information content (AvgIpc) is 1.78. The van der Waals surface area contributed by atoms with Crippen LogP contribution in [-0.2, 0) is 78.7 Å². The molecule has 526 valence electrons. The van der Waals surface area contributed by atoms with Crippen molar-refractivity contribution >= 4 is 35.5 Å². The summed E-state index contributed by atoms with van der Waals surface area (Å²) in [5.41, 5.74) is -0.284. The molecule has 0 radical (unpaired) electrons. The molecule has 95 heavy (non-hydrogen) atoms. The van der Waals surface area contributed by atoms with E-state index in [2.05, 4.69) is 46.6 Å². The maximum absolute atomic E-state index is 15.1. The van der Waals surface area contributed by atoms with Gasteiger partial charge < -0.3 is 121 Å². The molecule has 4 aromatic rings. The molecule has 9 heterocycles. The van der Waals surface area contributed by atoms with E-state index < -0.39 is 224 Å². The van der Waals surface area contributed by atoms with Crippen molar-refractivity contribution < 1.29 is 134 Å². The van der Waals surface area contributed by atoms with Gasteiger partial charge in [0, 0.05) is 25.8 Å². The molecule has 0 spiro atoms. The summed E-state index contributed by atoms with van der Waals surface area (Å²) in [5, 5.41) is 202. The predicted octanol–water partition coefficient (Wildman–Crippen LogP) is -12.8. The fraction of sp³-hybridized carbons (Fsp3) is 0.725. The fourth-order valence-electron chi connectivity index (χ4n) is 10.9. The summed E-state index contributed by atoms with van der Waals surface area (Å²) in [4.78, 5) is 88.6. The van der Waals surface area contributed by atoms with Crippen molar-refractivity contribution in [1.29, 1.82) is 0 Å². The highest BCUT2D eigenvalue weighted by Gasteiger charge is 2.49. The molecule has 9 rings (SSSR count). The Balaban J connectivity index is 0.996. The number of hydrogen-bond donors (Lipinski definition) is 17. The number of imide groups is 1. The molecular formula is C51H75N17O27. The van der Waals surface area contributed by atoms with E-state index in [0.717, 1.165) is 39.6 Å². The Morgan fingerprint density at radius 1 is 0.463 bits per heavy atom. The van der Waals surface area contributed by atoms with Gasteiger partial charge in [0.25, 0.3) is 11.8 Å². The zero-order chi connectivity index (χ0) is 68.7. The van der Waals surface area contributed by atoms with E-state index in [1.54, 1.807) is 0 Å². The van der Waals surface area contributed by atoms with Crippen LogP contribution in [0, 0.1) is 0 Å². The zero-order valence-electron chi connectivity index (χ0n) is 50.2.